The highest BCUT2D eigenvalue weighted by atomic mass is 32.2. The molecule has 2 unspecified atom stereocenters. The van der Waals surface area contributed by atoms with E-state index in [0.717, 1.165) is 25.7 Å². The first-order chi connectivity index (χ1) is 10.3. The number of hydrogen-bond donors (Lipinski definition) is 0. The molecule has 0 fully saturated rings. The molecule has 1 aliphatic carbocycles. The molecule has 0 aromatic rings. The summed E-state index contributed by atoms with van der Waals surface area (Å²) in [6.45, 7) is 8.80. The van der Waals surface area contributed by atoms with Gasteiger partial charge in [0.15, 0.2) is 0 Å². The van der Waals surface area contributed by atoms with Crippen LogP contribution in [0.15, 0.2) is 23.8 Å². The van der Waals surface area contributed by atoms with Gasteiger partial charge in [0.05, 0.1) is 6.07 Å². The van der Waals surface area contributed by atoms with Crippen LogP contribution in [0.5, 0.6) is 0 Å². The van der Waals surface area contributed by atoms with Crippen molar-refractivity contribution in [1.82, 2.24) is 4.31 Å². The van der Waals surface area contributed by atoms with E-state index < -0.39 is 14.8 Å². The lowest BCUT2D eigenvalue weighted by Gasteiger charge is -2.38. The number of nitrogens with zero attached hydrogens (tertiary/aromatic N) is 2. The Morgan fingerprint density at radius 2 is 1.82 bits per heavy atom. The highest BCUT2D eigenvalue weighted by Crippen LogP contribution is 2.38. The fraction of sp³-hybridized carbons (Fsp3) is 0.706. The lowest BCUT2D eigenvalue weighted by molar-refractivity contribution is 0.370. The smallest absolute Gasteiger partial charge is 0.211 e. The maximum atomic E-state index is 13.2. The topological polar surface area (TPSA) is 61.2 Å². The molecule has 1 aliphatic rings. The fourth-order valence-corrected chi connectivity index (χ4v) is 4.80. The molecule has 0 spiro atoms. The molecule has 0 amide bonds. The lowest BCUT2D eigenvalue weighted by atomic mass is 9.84. The second-order valence-electron chi connectivity index (χ2n) is 6.11. The summed E-state index contributed by atoms with van der Waals surface area (Å²) >= 11 is 0. The van der Waals surface area contributed by atoms with Crippen LogP contribution in [0.3, 0.4) is 0 Å². The molecular formula is C17H28N2O2S. The van der Waals surface area contributed by atoms with Crippen LogP contribution in [-0.2, 0) is 10.0 Å². The number of nitriles is 1. The van der Waals surface area contributed by atoms with Gasteiger partial charge in [0.2, 0.25) is 10.0 Å². The summed E-state index contributed by atoms with van der Waals surface area (Å²) in [5, 5.41) is 9.22. The van der Waals surface area contributed by atoms with Crippen molar-refractivity contribution in [3.05, 3.63) is 23.8 Å². The molecule has 5 heteroatoms. The molecule has 0 aromatic carbocycles. The Morgan fingerprint density at radius 3 is 2.27 bits per heavy atom. The predicted octanol–water partition coefficient (Wildman–Crippen LogP) is 3.63. The van der Waals surface area contributed by atoms with Gasteiger partial charge >= 0.3 is 0 Å². The van der Waals surface area contributed by atoms with Gasteiger partial charge < -0.3 is 0 Å². The molecule has 4 nitrogen and oxygen atoms in total. The zero-order valence-corrected chi connectivity index (χ0v) is 15.0. The average molecular weight is 324 g/mol. The Morgan fingerprint density at radius 1 is 1.27 bits per heavy atom. The van der Waals surface area contributed by atoms with E-state index in [2.05, 4.69) is 19.9 Å². The predicted molar refractivity (Wildman–Crippen MR) is 90.7 cm³/mol. The van der Waals surface area contributed by atoms with Gasteiger partial charge in [-0.1, -0.05) is 45.8 Å². The van der Waals surface area contributed by atoms with Gasteiger partial charge in [-0.3, -0.25) is 0 Å². The molecule has 2 atom stereocenters. The molecule has 0 saturated heterocycles. The van der Waals surface area contributed by atoms with Crippen LogP contribution in [0, 0.1) is 17.2 Å². The van der Waals surface area contributed by atoms with Gasteiger partial charge in [-0.15, -0.1) is 0 Å². The minimum absolute atomic E-state index is 0.335. The zero-order chi connectivity index (χ0) is 16.8. The van der Waals surface area contributed by atoms with Gasteiger partial charge in [0, 0.05) is 24.6 Å². The molecule has 22 heavy (non-hydrogen) atoms. The number of hydrogen-bond acceptors (Lipinski definition) is 3. The van der Waals surface area contributed by atoms with Crippen molar-refractivity contribution >= 4 is 10.0 Å². The number of allylic oxidation sites excluding steroid dienone is 3. The molecular weight excluding hydrogens is 296 g/mol. The standard InChI is InChI=1S/C17H28N2O2S/c1-5-7-12-19(13-8-6-2)22(20,21)17(4)11-9-10-16(14-18)15(17)3/h9-11,15H,5-8,12-13H2,1-4H3. The number of sulfonamides is 1. The van der Waals surface area contributed by atoms with Gasteiger partial charge in [-0.2, -0.15) is 5.26 Å². The van der Waals surface area contributed by atoms with Crippen molar-refractivity contribution in [2.45, 2.75) is 58.1 Å². The van der Waals surface area contributed by atoms with Crippen LogP contribution in [-0.4, -0.2) is 30.6 Å². The molecule has 0 radical (unpaired) electrons. The van der Waals surface area contributed by atoms with E-state index in [1.54, 1.807) is 29.5 Å². The van der Waals surface area contributed by atoms with E-state index in [9.17, 15) is 13.7 Å². The van der Waals surface area contributed by atoms with E-state index >= 15 is 0 Å². The summed E-state index contributed by atoms with van der Waals surface area (Å²) < 4.78 is 27.0. The lowest BCUT2D eigenvalue weighted by Crippen LogP contribution is -2.50. The second kappa shape index (κ2) is 7.94. The maximum absolute atomic E-state index is 13.2. The SMILES string of the molecule is CCCCN(CCCC)S(=O)(=O)C1(C)C=CC=C(C#N)C1C. The monoisotopic (exact) mass is 324 g/mol. The van der Waals surface area contributed by atoms with Gasteiger partial charge in [0.25, 0.3) is 0 Å². The van der Waals surface area contributed by atoms with Crippen molar-refractivity contribution < 1.29 is 8.42 Å². The third-order valence-electron chi connectivity index (χ3n) is 4.58. The molecule has 0 aliphatic heterocycles. The Bertz CT molecular complexity index is 564. The maximum Gasteiger partial charge on any atom is 0.223 e. The summed E-state index contributed by atoms with van der Waals surface area (Å²) in [4.78, 5) is 0. The third kappa shape index (κ3) is 3.61. The van der Waals surface area contributed by atoms with Crippen LogP contribution >= 0.6 is 0 Å². The Labute approximate surface area is 135 Å². The minimum Gasteiger partial charge on any atom is -0.211 e. The fourth-order valence-electron chi connectivity index (χ4n) is 2.68. The first kappa shape index (κ1) is 18.9. The van der Waals surface area contributed by atoms with E-state index in [0.29, 0.717) is 18.7 Å². The zero-order valence-electron chi connectivity index (χ0n) is 14.2. The van der Waals surface area contributed by atoms with E-state index in [1.807, 2.05) is 6.92 Å². The molecule has 0 aromatic heterocycles. The summed E-state index contributed by atoms with van der Waals surface area (Å²) in [5.41, 5.74) is 0.527. The van der Waals surface area contributed by atoms with Gasteiger partial charge in [-0.05, 0) is 25.8 Å². The van der Waals surface area contributed by atoms with Gasteiger partial charge in [0.1, 0.15) is 4.75 Å². The highest BCUT2D eigenvalue weighted by Gasteiger charge is 2.47. The Kier molecular flexibility index (Phi) is 6.83. The van der Waals surface area contributed by atoms with Crippen molar-refractivity contribution in [3.63, 3.8) is 0 Å². The Hall–Kier alpha value is -1.12. The van der Waals surface area contributed by atoms with E-state index in [1.165, 1.54) is 0 Å². The molecule has 0 saturated carbocycles. The number of unbranched alkanes of at least 4 members (excludes halogenated alkanes) is 2. The van der Waals surface area contributed by atoms with Crippen molar-refractivity contribution in [2.24, 2.45) is 5.92 Å². The van der Waals surface area contributed by atoms with Crippen LogP contribution in [0.1, 0.15) is 53.4 Å². The quantitative estimate of drug-likeness (QED) is 0.685. The van der Waals surface area contributed by atoms with Crippen molar-refractivity contribution in [2.75, 3.05) is 13.1 Å². The largest absolute Gasteiger partial charge is 0.223 e. The third-order valence-corrected chi connectivity index (χ3v) is 7.22. The minimum atomic E-state index is -3.51. The molecule has 0 bridgehead atoms. The first-order valence-corrected chi connectivity index (χ1v) is 9.58. The summed E-state index contributed by atoms with van der Waals surface area (Å²) in [5.74, 6) is -0.335. The summed E-state index contributed by atoms with van der Waals surface area (Å²) in [6, 6.07) is 2.13. The highest BCUT2D eigenvalue weighted by molar-refractivity contribution is 7.90. The molecule has 0 heterocycles. The normalized spacial score (nSPS) is 25.1. The van der Waals surface area contributed by atoms with E-state index in [4.69, 9.17) is 0 Å². The molecule has 0 N–H and O–H groups in total. The van der Waals surface area contributed by atoms with Crippen LogP contribution in [0.25, 0.3) is 0 Å². The van der Waals surface area contributed by atoms with Crippen LogP contribution in [0.2, 0.25) is 0 Å². The van der Waals surface area contributed by atoms with Crippen LogP contribution < -0.4 is 0 Å². The Balaban J connectivity index is 3.15. The van der Waals surface area contributed by atoms with Gasteiger partial charge in [-0.25, -0.2) is 12.7 Å². The van der Waals surface area contributed by atoms with Crippen molar-refractivity contribution in [3.8, 4) is 6.07 Å². The van der Waals surface area contributed by atoms with E-state index in [-0.39, 0.29) is 5.92 Å². The summed E-state index contributed by atoms with van der Waals surface area (Å²) in [6.07, 6.45) is 8.79. The van der Waals surface area contributed by atoms with Crippen molar-refractivity contribution in [1.29, 1.82) is 5.26 Å². The summed E-state index contributed by atoms with van der Waals surface area (Å²) in [7, 11) is -3.51. The molecule has 124 valence electrons. The van der Waals surface area contributed by atoms with Crippen LogP contribution in [0.4, 0.5) is 0 Å². The number of rotatable bonds is 8. The first-order valence-electron chi connectivity index (χ1n) is 8.14. The second-order valence-corrected chi connectivity index (χ2v) is 8.46. The average Bonchev–Trinajstić information content (AvgIpc) is 2.49. The molecule has 1 rings (SSSR count).